The van der Waals surface area contributed by atoms with Crippen molar-refractivity contribution in [2.45, 2.75) is 71.2 Å². The van der Waals surface area contributed by atoms with Crippen molar-refractivity contribution in [3.63, 3.8) is 0 Å². The minimum atomic E-state index is -2.00. The first-order valence-corrected chi connectivity index (χ1v) is 16.4. The van der Waals surface area contributed by atoms with Gasteiger partial charge in [-0.05, 0) is 18.1 Å². The highest BCUT2D eigenvalue weighted by atomic mass is 28.4. The number of carbonyl (C=O) groups excluding carboxylic acids is 2. The number of rotatable bonds is 9. The summed E-state index contributed by atoms with van der Waals surface area (Å²) in [5, 5.41) is 4.24. The van der Waals surface area contributed by atoms with Crippen LogP contribution in [0.25, 0.3) is 11.1 Å². The molecule has 1 aromatic heterocycles. The van der Waals surface area contributed by atoms with Crippen molar-refractivity contribution in [1.29, 1.82) is 0 Å². The van der Waals surface area contributed by atoms with Gasteiger partial charge in [0.15, 0.2) is 8.32 Å². The van der Waals surface area contributed by atoms with Gasteiger partial charge in [0.05, 0.1) is 18.9 Å². The Bertz CT molecular complexity index is 1200. The van der Waals surface area contributed by atoms with Crippen LogP contribution in [0.3, 0.4) is 0 Å². The van der Waals surface area contributed by atoms with Crippen LogP contribution in [0, 0.1) is 5.82 Å². The SMILES string of the molecule is CC(C)(C)[Si](C)(C)OCc1cccc(-c2cnc(N3CCC(=NOCCN4C(=O)CCC4=O)CC3)nc2)c1F. The Morgan fingerprint density at radius 1 is 1.03 bits per heavy atom. The number of imide groups is 1. The number of oxime groups is 1. The van der Waals surface area contributed by atoms with Gasteiger partial charge in [0, 0.05) is 67.9 Å². The minimum absolute atomic E-state index is 0.0511. The fraction of sp³-hybridized carbons (Fsp3) is 0.536. The van der Waals surface area contributed by atoms with E-state index in [1.54, 1.807) is 24.5 Å². The molecule has 3 heterocycles. The van der Waals surface area contributed by atoms with Gasteiger partial charge >= 0.3 is 0 Å². The van der Waals surface area contributed by atoms with Crippen LogP contribution in [-0.2, 0) is 25.5 Å². The molecule has 4 rings (SSSR count). The minimum Gasteiger partial charge on any atom is -0.412 e. The molecule has 39 heavy (non-hydrogen) atoms. The monoisotopic (exact) mass is 555 g/mol. The third kappa shape index (κ3) is 6.88. The third-order valence-corrected chi connectivity index (χ3v) is 12.3. The Morgan fingerprint density at radius 3 is 2.28 bits per heavy atom. The molecule has 2 amide bonds. The maximum atomic E-state index is 15.4. The zero-order valence-electron chi connectivity index (χ0n) is 23.5. The molecule has 0 bridgehead atoms. The number of aromatic nitrogens is 2. The second-order valence-electron chi connectivity index (χ2n) is 11.5. The molecule has 2 fully saturated rings. The first kappa shape index (κ1) is 28.8. The summed E-state index contributed by atoms with van der Waals surface area (Å²) < 4.78 is 21.6. The molecule has 0 unspecified atom stereocenters. The molecule has 2 saturated heterocycles. The predicted molar refractivity (Wildman–Crippen MR) is 150 cm³/mol. The number of hydrogen-bond acceptors (Lipinski definition) is 8. The Labute approximate surface area is 230 Å². The summed E-state index contributed by atoms with van der Waals surface area (Å²) >= 11 is 0. The average molecular weight is 556 g/mol. The molecule has 1 aromatic carbocycles. The zero-order chi connectivity index (χ0) is 28.2. The van der Waals surface area contributed by atoms with E-state index < -0.39 is 8.32 Å². The topological polar surface area (TPSA) is 97.2 Å². The van der Waals surface area contributed by atoms with Gasteiger partial charge in [0.2, 0.25) is 17.8 Å². The maximum Gasteiger partial charge on any atom is 0.229 e. The summed E-state index contributed by atoms with van der Waals surface area (Å²) in [6.07, 6.45) is 5.26. The molecule has 11 heteroatoms. The van der Waals surface area contributed by atoms with Crippen LogP contribution in [0.2, 0.25) is 18.1 Å². The van der Waals surface area contributed by atoms with Crippen molar-refractivity contribution in [3.8, 4) is 11.1 Å². The predicted octanol–water partition coefficient (Wildman–Crippen LogP) is 4.93. The summed E-state index contributed by atoms with van der Waals surface area (Å²) in [7, 11) is -2.00. The van der Waals surface area contributed by atoms with Crippen LogP contribution < -0.4 is 4.90 Å². The van der Waals surface area contributed by atoms with E-state index in [0.29, 0.717) is 48.6 Å². The van der Waals surface area contributed by atoms with Crippen LogP contribution >= 0.6 is 0 Å². The number of carbonyl (C=O) groups is 2. The van der Waals surface area contributed by atoms with Crippen molar-refractivity contribution in [2.24, 2.45) is 5.16 Å². The second-order valence-corrected chi connectivity index (χ2v) is 16.3. The second kappa shape index (κ2) is 11.9. The molecule has 0 atom stereocenters. The van der Waals surface area contributed by atoms with Gasteiger partial charge < -0.3 is 14.2 Å². The molecule has 0 radical (unpaired) electrons. The van der Waals surface area contributed by atoms with E-state index in [1.807, 2.05) is 6.07 Å². The lowest BCUT2D eigenvalue weighted by atomic mass is 10.1. The Hall–Kier alpha value is -3.18. The van der Waals surface area contributed by atoms with Crippen molar-refractivity contribution >= 4 is 31.8 Å². The lowest BCUT2D eigenvalue weighted by Gasteiger charge is -2.36. The van der Waals surface area contributed by atoms with Gasteiger partial charge in [-0.3, -0.25) is 14.5 Å². The lowest BCUT2D eigenvalue weighted by Crippen LogP contribution is -2.40. The number of benzene rings is 1. The molecular formula is C28H38FN5O4Si. The fourth-order valence-electron chi connectivity index (χ4n) is 4.21. The molecular weight excluding hydrogens is 517 g/mol. The first-order valence-electron chi connectivity index (χ1n) is 13.5. The van der Waals surface area contributed by atoms with Crippen LogP contribution in [0.4, 0.5) is 10.3 Å². The number of likely N-dealkylation sites (tertiary alicyclic amines) is 1. The van der Waals surface area contributed by atoms with Crippen molar-refractivity contribution in [2.75, 3.05) is 31.1 Å². The van der Waals surface area contributed by atoms with Crippen LogP contribution in [-0.4, -0.2) is 67.0 Å². The number of hydrogen-bond donors (Lipinski definition) is 0. The summed E-state index contributed by atoms with van der Waals surface area (Å²) in [4.78, 5) is 41.0. The van der Waals surface area contributed by atoms with Crippen LogP contribution in [0.1, 0.15) is 52.0 Å². The number of nitrogens with zero attached hydrogens (tertiary/aromatic N) is 5. The first-order chi connectivity index (χ1) is 18.5. The van der Waals surface area contributed by atoms with E-state index >= 15 is 4.39 Å². The van der Waals surface area contributed by atoms with Crippen molar-refractivity contribution < 1.29 is 23.2 Å². The number of piperidine rings is 1. The van der Waals surface area contributed by atoms with Gasteiger partial charge in [-0.2, -0.15) is 0 Å². The third-order valence-electron chi connectivity index (χ3n) is 7.80. The molecule has 0 N–H and O–H groups in total. The molecule has 9 nitrogen and oxygen atoms in total. The lowest BCUT2D eigenvalue weighted by molar-refractivity contribution is -0.139. The Balaban J connectivity index is 1.30. The zero-order valence-corrected chi connectivity index (χ0v) is 24.5. The van der Waals surface area contributed by atoms with E-state index in [2.05, 4.69) is 53.9 Å². The van der Waals surface area contributed by atoms with Gasteiger partial charge in [-0.1, -0.05) is 44.1 Å². The molecule has 210 valence electrons. The van der Waals surface area contributed by atoms with Gasteiger partial charge in [0.25, 0.3) is 0 Å². The molecule has 0 saturated carbocycles. The molecule has 0 aliphatic carbocycles. The summed E-state index contributed by atoms with van der Waals surface area (Å²) in [5.41, 5.74) is 2.53. The summed E-state index contributed by atoms with van der Waals surface area (Å²) in [6.45, 7) is 12.8. The summed E-state index contributed by atoms with van der Waals surface area (Å²) in [6, 6.07) is 5.34. The number of anilines is 1. The van der Waals surface area contributed by atoms with E-state index in [4.69, 9.17) is 9.26 Å². The highest BCUT2D eigenvalue weighted by Crippen LogP contribution is 2.37. The smallest absolute Gasteiger partial charge is 0.229 e. The Morgan fingerprint density at radius 2 is 1.67 bits per heavy atom. The van der Waals surface area contributed by atoms with Crippen LogP contribution in [0.5, 0.6) is 0 Å². The normalized spacial score (nSPS) is 16.7. The average Bonchev–Trinajstić information content (AvgIpc) is 3.22. The van der Waals surface area contributed by atoms with Crippen molar-refractivity contribution in [1.82, 2.24) is 14.9 Å². The number of halogens is 1. The maximum absolute atomic E-state index is 15.4. The van der Waals surface area contributed by atoms with Crippen LogP contribution in [0.15, 0.2) is 35.7 Å². The van der Waals surface area contributed by atoms with E-state index in [0.717, 1.165) is 5.71 Å². The largest absolute Gasteiger partial charge is 0.412 e. The molecule has 2 aromatic rings. The highest BCUT2D eigenvalue weighted by molar-refractivity contribution is 6.74. The highest BCUT2D eigenvalue weighted by Gasteiger charge is 2.37. The number of amides is 2. The van der Waals surface area contributed by atoms with Gasteiger partial charge in [-0.15, -0.1) is 0 Å². The van der Waals surface area contributed by atoms with Crippen molar-refractivity contribution in [3.05, 3.63) is 42.0 Å². The quantitative estimate of drug-likeness (QED) is 0.187. The standard InChI is InChI=1S/C28H38FN5O4Si/c1-28(2,3)39(4,5)38-19-20-7-6-8-23(26(20)29)21-17-30-27(31-18-21)33-13-11-22(12-14-33)32-37-16-15-34-24(35)9-10-25(34)36/h6-8,17-18H,9-16,19H2,1-5H3. The van der Waals surface area contributed by atoms with E-state index in [9.17, 15) is 9.59 Å². The molecule has 0 spiro atoms. The fourth-order valence-corrected chi connectivity index (χ4v) is 5.16. The van der Waals surface area contributed by atoms with E-state index in [1.165, 1.54) is 4.90 Å². The Kier molecular flexibility index (Phi) is 8.80. The summed E-state index contributed by atoms with van der Waals surface area (Å²) in [5.74, 6) is -0.0178. The molecule has 2 aliphatic rings. The van der Waals surface area contributed by atoms with Gasteiger partial charge in [-0.25, -0.2) is 14.4 Å². The van der Waals surface area contributed by atoms with E-state index in [-0.39, 0.29) is 55.3 Å². The molecule has 2 aliphatic heterocycles. The van der Waals surface area contributed by atoms with Gasteiger partial charge in [0.1, 0.15) is 12.4 Å².